The van der Waals surface area contributed by atoms with Crippen molar-refractivity contribution in [2.75, 3.05) is 20.2 Å². The monoisotopic (exact) mass is 257 g/mol. The van der Waals surface area contributed by atoms with Crippen LogP contribution in [0.3, 0.4) is 0 Å². The average Bonchev–Trinajstić information content (AvgIpc) is 2.46. The summed E-state index contributed by atoms with van der Waals surface area (Å²) in [7, 11) is 1.63. The molecule has 0 spiro atoms. The van der Waals surface area contributed by atoms with Crippen LogP contribution >= 0.6 is 0 Å². The van der Waals surface area contributed by atoms with Crippen LogP contribution < -0.4 is 15.4 Å². The molecule has 1 aromatic heterocycles. The number of amides is 1. The van der Waals surface area contributed by atoms with Gasteiger partial charge in [-0.05, 0) is 29.8 Å². The van der Waals surface area contributed by atoms with Gasteiger partial charge in [-0.2, -0.15) is 0 Å². The third-order valence-electron chi connectivity index (χ3n) is 3.28. The number of hydrogen-bond donors (Lipinski definition) is 2. The molecule has 3 rings (SSSR count). The first kappa shape index (κ1) is 11.9. The van der Waals surface area contributed by atoms with Crippen LogP contribution in [0.15, 0.2) is 30.5 Å². The van der Waals surface area contributed by atoms with Gasteiger partial charge in [0.2, 0.25) is 5.91 Å². The fourth-order valence-corrected chi connectivity index (χ4v) is 2.28. The van der Waals surface area contributed by atoms with Gasteiger partial charge in [-0.1, -0.05) is 0 Å². The van der Waals surface area contributed by atoms with Gasteiger partial charge in [0, 0.05) is 24.7 Å². The van der Waals surface area contributed by atoms with E-state index in [0.717, 1.165) is 28.8 Å². The van der Waals surface area contributed by atoms with E-state index in [9.17, 15) is 4.79 Å². The molecule has 1 aliphatic rings. The van der Waals surface area contributed by atoms with Crippen molar-refractivity contribution < 1.29 is 9.53 Å². The molecular formula is C14H15N3O2. The Kier molecular flexibility index (Phi) is 3.05. The highest BCUT2D eigenvalue weighted by Gasteiger charge is 2.23. The lowest BCUT2D eigenvalue weighted by atomic mass is 10.0. The molecule has 2 aromatic rings. The first-order valence-electron chi connectivity index (χ1n) is 6.23. The van der Waals surface area contributed by atoms with Crippen LogP contribution in [0.1, 0.15) is 11.6 Å². The third kappa shape index (κ3) is 2.24. The predicted molar refractivity (Wildman–Crippen MR) is 72.0 cm³/mol. The zero-order valence-electron chi connectivity index (χ0n) is 10.6. The number of carbonyl (C=O) groups is 1. The Morgan fingerprint density at radius 2 is 2.21 bits per heavy atom. The molecule has 1 aliphatic heterocycles. The number of ether oxygens (including phenoxy) is 1. The van der Waals surface area contributed by atoms with Gasteiger partial charge in [0.1, 0.15) is 11.8 Å². The summed E-state index contributed by atoms with van der Waals surface area (Å²) in [6.07, 6.45) is 1.75. The lowest BCUT2D eigenvalue weighted by molar-refractivity contribution is -0.124. The molecule has 19 heavy (non-hydrogen) atoms. The molecule has 1 aromatic carbocycles. The molecule has 5 nitrogen and oxygen atoms in total. The van der Waals surface area contributed by atoms with E-state index in [1.807, 2.05) is 24.3 Å². The molecule has 1 fully saturated rings. The first-order chi connectivity index (χ1) is 9.28. The Morgan fingerprint density at radius 3 is 3.00 bits per heavy atom. The fourth-order valence-electron chi connectivity index (χ4n) is 2.28. The van der Waals surface area contributed by atoms with Crippen molar-refractivity contribution in [3.63, 3.8) is 0 Å². The topological polar surface area (TPSA) is 63.2 Å². The molecule has 0 radical (unpaired) electrons. The number of nitrogens with zero attached hydrogens (tertiary/aromatic N) is 1. The second-order valence-electron chi connectivity index (χ2n) is 4.51. The smallest absolute Gasteiger partial charge is 0.241 e. The Balaban J connectivity index is 2.02. The second kappa shape index (κ2) is 4.85. The van der Waals surface area contributed by atoms with Crippen LogP contribution in [-0.2, 0) is 4.79 Å². The SMILES string of the molecule is COc1ccc2ncc(C3NCCNC3=O)cc2c1. The molecule has 1 unspecified atom stereocenters. The summed E-state index contributed by atoms with van der Waals surface area (Å²) in [6, 6.07) is 7.37. The highest BCUT2D eigenvalue weighted by Crippen LogP contribution is 2.23. The number of piperazine rings is 1. The number of pyridine rings is 1. The minimum atomic E-state index is -0.322. The zero-order valence-corrected chi connectivity index (χ0v) is 10.6. The van der Waals surface area contributed by atoms with Crippen molar-refractivity contribution >= 4 is 16.8 Å². The van der Waals surface area contributed by atoms with E-state index >= 15 is 0 Å². The number of carbonyl (C=O) groups excluding carboxylic acids is 1. The van der Waals surface area contributed by atoms with Crippen LogP contribution in [0.25, 0.3) is 10.9 Å². The Labute approximate surface area is 111 Å². The first-order valence-corrected chi connectivity index (χ1v) is 6.23. The van der Waals surface area contributed by atoms with Crippen molar-refractivity contribution in [3.8, 4) is 5.75 Å². The molecular weight excluding hydrogens is 242 g/mol. The van der Waals surface area contributed by atoms with Crippen LogP contribution in [0, 0.1) is 0 Å². The molecule has 1 atom stereocenters. The van der Waals surface area contributed by atoms with Gasteiger partial charge in [0.25, 0.3) is 0 Å². The highest BCUT2D eigenvalue weighted by atomic mass is 16.5. The number of hydrogen-bond acceptors (Lipinski definition) is 4. The fraction of sp³-hybridized carbons (Fsp3) is 0.286. The molecule has 5 heteroatoms. The number of nitrogens with one attached hydrogen (secondary N) is 2. The third-order valence-corrected chi connectivity index (χ3v) is 3.28. The van der Waals surface area contributed by atoms with E-state index < -0.39 is 0 Å². The Hall–Kier alpha value is -2.14. The maximum absolute atomic E-state index is 11.8. The molecule has 0 bridgehead atoms. The van der Waals surface area contributed by atoms with E-state index in [4.69, 9.17) is 4.74 Å². The number of methoxy groups -OCH3 is 1. The average molecular weight is 257 g/mol. The summed E-state index contributed by atoms with van der Waals surface area (Å²) in [5.41, 5.74) is 1.76. The molecule has 2 N–H and O–H groups in total. The van der Waals surface area contributed by atoms with Crippen LogP contribution in [0.2, 0.25) is 0 Å². The van der Waals surface area contributed by atoms with E-state index in [1.165, 1.54) is 0 Å². The van der Waals surface area contributed by atoms with E-state index in [1.54, 1.807) is 13.3 Å². The van der Waals surface area contributed by atoms with E-state index in [-0.39, 0.29) is 11.9 Å². The predicted octanol–water partition coefficient (Wildman–Crippen LogP) is 1.00. The van der Waals surface area contributed by atoms with E-state index in [0.29, 0.717) is 6.54 Å². The number of rotatable bonds is 2. The van der Waals surface area contributed by atoms with Gasteiger partial charge in [-0.3, -0.25) is 9.78 Å². The summed E-state index contributed by atoms with van der Waals surface area (Å²) in [5, 5.41) is 7.01. The number of fused-ring (bicyclic) bond motifs is 1. The quantitative estimate of drug-likeness (QED) is 0.842. The number of benzene rings is 1. The molecule has 98 valence electrons. The van der Waals surface area contributed by atoms with Crippen molar-refractivity contribution in [2.24, 2.45) is 0 Å². The Morgan fingerprint density at radius 1 is 1.32 bits per heavy atom. The van der Waals surface area contributed by atoms with Gasteiger partial charge in [0.15, 0.2) is 0 Å². The maximum Gasteiger partial charge on any atom is 0.241 e. The minimum Gasteiger partial charge on any atom is -0.497 e. The molecule has 0 aliphatic carbocycles. The van der Waals surface area contributed by atoms with Gasteiger partial charge in [-0.15, -0.1) is 0 Å². The highest BCUT2D eigenvalue weighted by molar-refractivity contribution is 5.86. The summed E-state index contributed by atoms with van der Waals surface area (Å²) in [4.78, 5) is 16.2. The minimum absolute atomic E-state index is 0.00436. The summed E-state index contributed by atoms with van der Waals surface area (Å²) < 4.78 is 5.21. The molecule has 1 amide bonds. The normalized spacial score (nSPS) is 19.2. The van der Waals surface area contributed by atoms with Crippen molar-refractivity contribution in [1.82, 2.24) is 15.6 Å². The van der Waals surface area contributed by atoms with Gasteiger partial charge >= 0.3 is 0 Å². The standard InChI is InChI=1S/C14H15N3O2/c1-19-11-2-3-12-9(7-11)6-10(8-17-12)13-14(18)16-5-4-15-13/h2-3,6-8,13,15H,4-5H2,1H3,(H,16,18). The summed E-state index contributed by atoms with van der Waals surface area (Å²) in [5.74, 6) is 0.780. The lowest BCUT2D eigenvalue weighted by Gasteiger charge is -2.23. The second-order valence-corrected chi connectivity index (χ2v) is 4.51. The van der Waals surface area contributed by atoms with Gasteiger partial charge in [-0.25, -0.2) is 0 Å². The van der Waals surface area contributed by atoms with Gasteiger partial charge in [0.05, 0.1) is 12.6 Å². The van der Waals surface area contributed by atoms with Gasteiger partial charge < -0.3 is 15.4 Å². The van der Waals surface area contributed by atoms with Crippen molar-refractivity contribution in [3.05, 3.63) is 36.0 Å². The van der Waals surface area contributed by atoms with Crippen LogP contribution in [0.5, 0.6) is 5.75 Å². The van der Waals surface area contributed by atoms with Crippen molar-refractivity contribution in [1.29, 1.82) is 0 Å². The summed E-state index contributed by atoms with van der Waals surface area (Å²) >= 11 is 0. The van der Waals surface area contributed by atoms with Crippen LogP contribution in [-0.4, -0.2) is 31.1 Å². The molecule has 0 saturated carbocycles. The Bertz CT molecular complexity index is 627. The van der Waals surface area contributed by atoms with Crippen molar-refractivity contribution in [2.45, 2.75) is 6.04 Å². The maximum atomic E-state index is 11.8. The molecule has 1 saturated heterocycles. The van der Waals surface area contributed by atoms with Crippen LogP contribution in [0.4, 0.5) is 0 Å². The zero-order chi connectivity index (χ0) is 13.2. The number of aromatic nitrogens is 1. The largest absolute Gasteiger partial charge is 0.497 e. The summed E-state index contributed by atoms with van der Waals surface area (Å²) in [6.45, 7) is 1.44. The lowest BCUT2D eigenvalue weighted by Crippen LogP contribution is -2.47. The van der Waals surface area contributed by atoms with E-state index in [2.05, 4.69) is 15.6 Å². The molecule has 2 heterocycles.